The van der Waals surface area contributed by atoms with Crippen molar-refractivity contribution in [3.63, 3.8) is 0 Å². The lowest BCUT2D eigenvalue weighted by Crippen LogP contribution is -2.08. The molecule has 0 spiro atoms. The number of hydrogen-bond acceptors (Lipinski definition) is 4. The van der Waals surface area contributed by atoms with E-state index in [0.29, 0.717) is 11.6 Å². The first-order chi connectivity index (χ1) is 9.63. The van der Waals surface area contributed by atoms with Crippen LogP contribution in [0.15, 0.2) is 36.4 Å². The topological polar surface area (TPSA) is 82.0 Å². The summed E-state index contributed by atoms with van der Waals surface area (Å²) < 4.78 is 0. The van der Waals surface area contributed by atoms with Gasteiger partial charge in [0.2, 0.25) is 0 Å². The first-order valence-electron chi connectivity index (χ1n) is 6.66. The molecule has 5 heteroatoms. The maximum Gasteiger partial charge on any atom is 0.275 e. The van der Waals surface area contributed by atoms with Gasteiger partial charge in [0.15, 0.2) is 0 Å². The number of nitrogens with zero attached hydrogens (tertiary/aromatic N) is 2. The highest BCUT2D eigenvalue weighted by Crippen LogP contribution is 2.37. The second-order valence-electron chi connectivity index (χ2n) is 5.15. The van der Waals surface area contributed by atoms with Crippen LogP contribution in [0, 0.1) is 10.1 Å². The molecule has 0 radical (unpaired) electrons. The first kappa shape index (κ1) is 12.6. The van der Waals surface area contributed by atoms with Crippen molar-refractivity contribution >= 4 is 11.5 Å². The van der Waals surface area contributed by atoms with Crippen LogP contribution in [0.3, 0.4) is 0 Å². The lowest BCUT2D eigenvalue weighted by molar-refractivity contribution is -0.384. The van der Waals surface area contributed by atoms with Gasteiger partial charge in [-0.2, -0.15) is 0 Å². The van der Waals surface area contributed by atoms with Crippen molar-refractivity contribution in [1.29, 1.82) is 0 Å². The number of anilines is 1. The molecule has 1 aliphatic rings. The van der Waals surface area contributed by atoms with E-state index < -0.39 is 4.92 Å². The van der Waals surface area contributed by atoms with Gasteiger partial charge in [-0.15, -0.1) is 0 Å². The third kappa shape index (κ3) is 2.34. The maximum absolute atomic E-state index is 10.9. The predicted molar refractivity (Wildman–Crippen MR) is 77.3 cm³/mol. The Morgan fingerprint density at radius 1 is 1.25 bits per heavy atom. The Labute approximate surface area is 116 Å². The van der Waals surface area contributed by atoms with E-state index in [1.807, 2.05) is 12.1 Å². The van der Waals surface area contributed by atoms with Crippen molar-refractivity contribution in [2.45, 2.75) is 25.2 Å². The van der Waals surface area contributed by atoms with Gasteiger partial charge in [-0.25, -0.2) is 4.98 Å². The van der Waals surface area contributed by atoms with Gasteiger partial charge in [0, 0.05) is 11.6 Å². The van der Waals surface area contributed by atoms with E-state index in [1.165, 1.54) is 37.0 Å². The molecule has 1 heterocycles. The Kier molecular flexibility index (Phi) is 3.10. The number of nitrogen functional groups attached to an aromatic ring is 1. The number of aromatic nitrogens is 1. The van der Waals surface area contributed by atoms with Gasteiger partial charge in [0.05, 0.1) is 16.7 Å². The Balaban J connectivity index is 2.01. The van der Waals surface area contributed by atoms with Crippen LogP contribution < -0.4 is 5.73 Å². The maximum atomic E-state index is 10.9. The van der Waals surface area contributed by atoms with Crippen LogP contribution in [0.1, 0.15) is 30.7 Å². The zero-order valence-corrected chi connectivity index (χ0v) is 11.0. The van der Waals surface area contributed by atoms with E-state index in [9.17, 15) is 10.1 Å². The largest absolute Gasteiger partial charge is 0.383 e. The van der Waals surface area contributed by atoms with E-state index in [-0.39, 0.29) is 11.5 Å². The van der Waals surface area contributed by atoms with Crippen molar-refractivity contribution in [2.75, 3.05) is 5.73 Å². The molecule has 0 unspecified atom stereocenters. The van der Waals surface area contributed by atoms with Crippen LogP contribution in [0.5, 0.6) is 0 Å². The molecule has 1 aromatic carbocycles. The smallest absolute Gasteiger partial charge is 0.275 e. The van der Waals surface area contributed by atoms with Crippen molar-refractivity contribution < 1.29 is 4.92 Å². The average molecular weight is 269 g/mol. The molecule has 0 amide bonds. The molecule has 0 saturated heterocycles. The number of hydrogen-bond donors (Lipinski definition) is 1. The third-order valence-electron chi connectivity index (χ3n) is 3.80. The van der Waals surface area contributed by atoms with Gasteiger partial charge in [-0.3, -0.25) is 10.1 Å². The number of pyridine rings is 1. The minimum atomic E-state index is -0.447. The van der Waals surface area contributed by atoms with E-state index in [4.69, 9.17) is 5.73 Å². The molecular formula is C15H15N3O2. The predicted octanol–water partition coefficient (Wildman–Crippen LogP) is 3.51. The molecule has 3 rings (SSSR count). The molecule has 1 fully saturated rings. The molecule has 0 bridgehead atoms. The van der Waals surface area contributed by atoms with E-state index in [1.54, 1.807) is 0 Å². The van der Waals surface area contributed by atoms with Crippen molar-refractivity contribution in [3.05, 3.63) is 52.1 Å². The van der Waals surface area contributed by atoms with E-state index in [0.717, 1.165) is 5.56 Å². The number of nitrogens with two attached hydrogens (primary N) is 1. The number of benzene rings is 1. The molecule has 1 saturated carbocycles. The van der Waals surface area contributed by atoms with Crippen LogP contribution in [-0.2, 0) is 0 Å². The van der Waals surface area contributed by atoms with Gasteiger partial charge >= 0.3 is 0 Å². The lowest BCUT2D eigenvalue weighted by Gasteiger charge is -2.26. The van der Waals surface area contributed by atoms with Gasteiger partial charge in [-0.05, 0) is 30.4 Å². The highest BCUT2D eigenvalue weighted by molar-refractivity contribution is 5.65. The third-order valence-corrected chi connectivity index (χ3v) is 3.80. The summed E-state index contributed by atoms with van der Waals surface area (Å²) in [6.45, 7) is 0. The summed E-state index contributed by atoms with van der Waals surface area (Å²) in [7, 11) is 0. The fraction of sp³-hybridized carbons (Fsp3) is 0.267. The molecule has 1 aromatic heterocycles. The van der Waals surface area contributed by atoms with E-state index >= 15 is 0 Å². The minimum absolute atomic E-state index is 0.0263. The van der Waals surface area contributed by atoms with Gasteiger partial charge in [0.1, 0.15) is 5.82 Å². The highest BCUT2D eigenvalue weighted by atomic mass is 16.6. The van der Waals surface area contributed by atoms with Gasteiger partial charge in [0.25, 0.3) is 5.69 Å². The van der Waals surface area contributed by atoms with Gasteiger partial charge in [-0.1, -0.05) is 24.6 Å². The quantitative estimate of drug-likeness (QED) is 0.682. The lowest BCUT2D eigenvalue weighted by atomic mass is 9.79. The minimum Gasteiger partial charge on any atom is -0.383 e. The fourth-order valence-electron chi connectivity index (χ4n) is 2.48. The Morgan fingerprint density at radius 3 is 2.70 bits per heavy atom. The number of nitro groups is 1. The van der Waals surface area contributed by atoms with Gasteiger partial charge < -0.3 is 5.73 Å². The normalized spacial score (nSPS) is 14.8. The van der Waals surface area contributed by atoms with Crippen LogP contribution in [0.25, 0.3) is 11.3 Å². The molecular weight excluding hydrogens is 254 g/mol. The Hall–Kier alpha value is -2.43. The summed E-state index contributed by atoms with van der Waals surface area (Å²) in [4.78, 5) is 14.6. The fourth-order valence-corrected chi connectivity index (χ4v) is 2.48. The zero-order chi connectivity index (χ0) is 14.1. The van der Waals surface area contributed by atoms with Crippen LogP contribution in [-0.4, -0.2) is 9.91 Å². The van der Waals surface area contributed by atoms with Crippen molar-refractivity contribution in [1.82, 2.24) is 4.98 Å². The monoisotopic (exact) mass is 269 g/mol. The molecule has 0 atom stereocenters. The Bertz CT molecular complexity index is 666. The molecule has 1 aliphatic carbocycles. The summed E-state index contributed by atoms with van der Waals surface area (Å²) >= 11 is 0. The highest BCUT2D eigenvalue weighted by Gasteiger charge is 2.20. The van der Waals surface area contributed by atoms with E-state index in [2.05, 4.69) is 17.1 Å². The number of rotatable bonds is 3. The van der Waals surface area contributed by atoms with Crippen LogP contribution >= 0.6 is 0 Å². The SMILES string of the molecule is Nc1cc([N+](=O)[O-])cc(-c2cccc(C3CCC3)c2)n1. The molecule has 5 nitrogen and oxygen atoms in total. The second kappa shape index (κ2) is 4.92. The van der Waals surface area contributed by atoms with Crippen molar-refractivity contribution in [3.8, 4) is 11.3 Å². The second-order valence-corrected chi connectivity index (χ2v) is 5.15. The molecule has 2 N–H and O–H groups in total. The summed E-state index contributed by atoms with van der Waals surface area (Å²) in [6.07, 6.45) is 3.71. The zero-order valence-electron chi connectivity index (χ0n) is 11.0. The Morgan fingerprint density at radius 2 is 2.05 bits per heavy atom. The molecule has 0 aliphatic heterocycles. The summed E-state index contributed by atoms with van der Waals surface area (Å²) in [6, 6.07) is 10.8. The molecule has 2 aromatic rings. The molecule has 20 heavy (non-hydrogen) atoms. The summed E-state index contributed by atoms with van der Waals surface area (Å²) in [5.74, 6) is 0.786. The summed E-state index contributed by atoms with van der Waals surface area (Å²) in [5.41, 5.74) is 8.34. The average Bonchev–Trinajstić information content (AvgIpc) is 2.36. The van der Waals surface area contributed by atoms with Crippen LogP contribution in [0.2, 0.25) is 0 Å². The van der Waals surface area contributed by atoms with Crippen molar-refractivity contribution in [2.24, 2.45) is 0 Å². The van der Waals surface area contributed by atoms with Crippen LogP contribution in [0.4, 0.5) is 11.5 Å². The molecule has 102 valence electrons. The summed E-state index contributed by atoms with van der Waals surface area (Å²) in [5, 5.41) is 10.9. The standard InChI is InChI=1S/C15H15N3O2/c16-15-9-13(18(19)20)8-14(17-15)12-6-2-5-11(7-12)10-3-1-4-10/h2,5-10H,1,3-4H2,(H2,16,17). The first-order valence-corrected chi connectivity index (χ1v) is 6.66.